The second kappa shape index (κ2) is 4.88. The summed E-state index contributed by atoms with van der Waals surface area (Å²) in [5, 5.41) is 0. The number of aryl methyl sites for hydroxylation is 1. The number of ether oxygens (including phenoxy) is 1. The molecule has 1 aliphatic rings. The summed E-state index contributed by atoms with van der Waals surface area (Å²) in [5.74, 6) is -0.302. The van der Waals surface area contributed by atoms with Crippen LogP contribution in [0.4, 0.5) is 0 Å². The van der Waals surface area contributed by atoms with E-state index in [0.717, 1.165) is 12.8 Å². The first-order chi connectivity index (χ1) is 8.12. The fraction of sp³-hybridized carbons (Fsp3) is 0.500. The highest BCUT2D eigenvalue weighted by molar-refractivity contribution is 5.73. The van der Waals surface area contributed by atoms with Crippen molar-refractivity contribution in [3.8, 4) is 0 Å². The minimum absolute atomic E-state index is 0.164. The van der Waals surface area contributed by atoms with Crippen molar-refractivity contribution >= 4 is 5.91 Å². The van der Waals surface area contributed by atoms with E-state index >= 15 is 0 Å². The Balaban J connectivity index is 2.03. The van der Waals surface area contributed by atoms with Crippen molar-refractivity contribution < 1.29 is 9.53 Å². The van der Waals surface area contributed by atoms with E-state index in [2.05, 4.69) is 31.2 Å². The second-order valence-electron chi connectivity index (χ2n) is 4.78. The van der Waals surface area contributed by atoms with Gasteiger partial charge in [-0.25, -0.2) is 0 Å². The Kier molecular flexibility index (Phi) is 3.48. The van der Waals surface area contributed by atoms with Crippen molar-refractivity contribution in [2.45, 2.75) is 38.2 Å². The molecule has 1 aliphatic carbocycles. The highest BCUT2D eigenvalue weighted by Crippen LogP contribution is 2.44. The predicted octanol–water partition coefficient (Wildman–Crippen LogP) is 2.27. The van der Waals surface area contributed by atoms with Crippen LogP contribution in [0.15, 0.2) is 24.3 Å². The molecular formula is C14H19NO2. The van der Waals surface area contributed by atoms with Crippen LogP contribution in [0, 0.1) is 6.92 Å². The van der Waals surface area contributed by atoms with Gasteiger partial charge in [-0.15, -0.1) is 0 Å². The van der Waals surface area contributed by atoms with Crippen molar-refractivity contribution in [1.82, 2.24) is 0 Å². The highest BCUT2D eigenvalue weighted by Gasteiger charge is 2.39. The van der Waals surface area contributed by atoms with Gasteiger partial charge in [0.1, 0.15) is 0 Å². The molecule has 0 saturated heterocycles. The molecule has 0 aliphatic heterocycles. The lowest BCUT2D eigenvalue weighted by Crippen LogP contribution is -2.38. The van der Waals surface area contributed by atoms with Crippen LogP contribution in [0.1, 0.15) is 36.8 Å². The fourth-order valence-electron chi connectivity index (χ4n) is 2.22. The van der Waals surface area contributed by atoms with Crippen LogP contribution in [0.2, 0.25) is 0 Å². The van der Waals surface area contributed by atoms with Gasteiger partial charge in [0.25, 0.3) is 0 Å². The number of nitrogens with two attached hydrogens (primary N) is 1. The minimum atomic E-state index is -0.302. The van der Waals surface area contributed by atoms with Gasteiger partial charge in [-0.05, 0) is 31.7 Å². The molecule has 92 valence electrons. The van der Waals surface area contributed by atoms with Gasteiger partial charge in [0.2, 0.25) is 5.91 Å². The molecule has 3 nitrogen and oxygen atoms in total. The Morgan fingerprint density at radius 1 is 1.35 bits per heavy atom. The summed E-state index contributed by atoms with van der Waals surface area (Å²) in [6.45, 7) is 2.49. The van der Waals surface area contributed by atoms with E-state index in [1.165, 1.54) is 17.5 Å². The summed E-state index contributed by atoms with van der Waals surface area (Å²) in [6, 6.07) is 8.46. The topological polar surface area (TPSA) is 52.3 Å². The zero-order valence-corrected chi connectivity index (χ0v) is 10.2. The van der Waals surface area contributed by atoms with Gasteiger partial charge < -0.3 is 10.5 Å². The van der Waals surface area contributed by atoms with Gasteiger partial charge in [0, 0.05) is 6.42 Å². The third-order valence-corrected chi connectivity index (χ3v) is 3.47. The van der Waals surface area contributed by atoms with E-state index in [4.69, 9.17) is 10.5 Å². The van der Waals surface area contributed by atoms with Gasteiger partial charge in [-0.2, -0.15) is 0 Å². The van der Waals surface area contributed by atoms with Crippen molar-refractivity contribution in [3.63, 3.8) is 0 Å². The number of hydrogen-bond acceptors (Lipinski definition) is 2. The number of hydrogen-bond donors (Lipinski definition) is 1. The Morgan fingerprint density at radius 2 is 2.00 bits per heavy atom. The zero-order valence-electron chi connectivity index (χ0n) is 10.2. The quantitative estimate of drug-likeness (QED) is 0.848. The van der Waals surface area contributed by atoms with Gasteiger partial charge in [-0.3, -0.25) is 4.79 Å². The Bertz CT molecular complexity index is 393. The second-order valence-corrected chi connectivity index (χ2v) is 4.78. The minimum Gasteiger partial charge on any atom is -0.370 e. The van der Waals surface area contributed by atoms with Crippen LogP contribution < -0.4 is 5.73 Å². The molecule has 1 fully saturated rings. The maximum absolute atomic E-state index is 10.7. The summed E-state index contributed by atoms with van der Waals surface area (Å²) in [4.78, 5) is 10.7. The fourth-order valence-corrected chi connectivity index (χ4v) is 2.22. The summed E-state index contributed by atoms with van der Waals surface area (Å²) < 4.78 is 5.90. The van der Waals surface area contributed by atoms with Crippen molar-refractivity contribution in [1.29, 1.82) is 0 Å². The average Bonchev–Trinajstić information content (AvgIpc) is 2.23. The summed E-state index contributed by atoms with van der Waals surface area (Å²) in [5.41, 5.74) is 7.43. The lowest BCUT2D eigenvalue weighted by atomic mass is 9.74. The molecule has 0 spiro atoms. The average molecular weight is 233 g/mol. The lowest BCUT2D eigenvalue weighted by Gasteiger charge is -2.42. The normalized spacial score (nSPS) is 17.5. The van der Waals surface area contributed by atoms with E-state index in [1.807, 2.05) is 0 Å². The van der Waals surface area contributed by atoms with Crippen molar-refractivity contribution in [2.75, 3.05) is 6.61 Å². The number of amides is 1. The summed E-state index contributed by atoms with van der Waals surface area (Å²) in [7, 11) is 0. The molecule has 0 radical (unpaired) electrons. The van der Waals surface area contributed by atoms with Crippen molar-refractivity contribution in [2.24, 2.45) is 5.73 Å². The first-order valence-corrected chi connectivity index (χ1v) is 6.12. The standard InChI is InChI=1S/C14H19NO2/c1-11-3-5-12(6-4-11)14(8-2-9-14)17-10-7-13(15)16/h3-6H,2,7-10H2,1H3,(H2,15,16). The number of carbonyl (C=O) groups excluding carboxylic acids is 1. The maximum Gasteiger partial charge on any atom is 0.219 e. The smallest absolute Gasteiger partial charge is 0.219 e. The monoisotopic (exact) mass is 233 g/mol. The number of benzene rings is 1. The molecule has 1 saturated carbocycles. The molecule has 0 atom stereocenters. The van der Waals surface area contributed by atoms with Crippen molar-refractivity contribution in [3.05, 3.63) is 35.4 Å². The van der Waals surface area contributed by atoms with Crippen LogP contribution >= 0.6 is 0 Å². The lowest BCUT2D eigenvalue weighted by molar-refractivity contribution is -0.128. The number of rotatable bonds is 5. The van der Waals surface area contributed by atoms with E-state index in [1.54, 1.807) is 0 Å². The third kappa shape index (κ3) is 2.67. The van der Waals surface area contributed by atoms with Crippen LogP contribution in [0.3, 0.4) is 0 Å². The first kappa shape index (κ1) is 12.1. The predicted molar refractivity (Wildman–Crippen MR) is 66.5 cm³/mol. The van der Waals surface area contributed by atoms with Crippen LogP contribution in [0.5, 0.6) is 0 Å². The van der Waals surface area contributed by atoms with Gasteiger partial charge in [0.05, 0.1) is 12.2 Å². The van der Waals surface area contributed by atoms with Gasteiger partial charge in [0.15, 0.2) is 0 Å². The number of primary amides is 1. The summed E-state index contributed by atoms with van der Waals surface area (Å²) >= 11 is 0. The molecule has 3 heteroatoms. The van der Waals surface area contributed by atoms with Crippen LogP contribution in [-0.4, -0.2) is 12.5 Å². The molecule has 1 amide bonds. The Labute approximate surface area is 102 Å². The van der Waals surface area contributed by atoms with Crippen LogP contribution in [-0.2, 0) is 15.1 Å². The molecule has 0 heterocycles. The molecular weight excluding hydrogens is 214 g/mol. The molecule has 1 aromatic carbocycles. The van der Waals surface area contributed by atoms with Crippen LogP contribution in [0.25, 0.3) is 0 Å². The Morgan fingerprint density at radius 3 is 2.47 bits per heavy atom. The van der Waals surface area contributed by atoms with Gasteiger partial charge in [-0.1, -0.05) is 29.8 Å². The largest absolute Gasteiger partial charge is 0.370 e. The Hall–Kier alpha value is -1.35. The SMILES string of the molecule is Cc1ccc(C2(OCCC(N)=O)CCC2)cc1. The molecule has 2 N–H and O–H groups in total. The molecule has 2 rings (SSSR count). The molecule has 1 aromatic rings. The van der Waals surface area contributed by atoms with E-state index in [9.17, 15) is 4.79 Å². The first-order valence-electron chi connectivity index (χ1n) is 6.12. The van der Waals surface area contributed by atoms with E-state index in [-0.39, 0.29) is 11.5 Å². The van der Waals surface area contributed by atoms with E-state index in [0.29, 0.717) is 13.0 Å². The molecule has 0 bridgehead atoms. The molecule has 0 aromatic heterocycles. The highest BCUT2D eigenvalue weighted by atomic mass is 16.5. The summed E-state index contributed by atoms with van der Waals surface area (Å²) in [6.07, 6.45) is 3.56. The number of carbonyl (C=O) groups is 1. The third-order valence-electron chi connectivity index (χ3n) is 3.47. The van der Waals surface area contributed by atoms with Gasteiger partial charge >= 0.3 is 0 Å². The molecule has 0 unspecified atom stereocenters. The molecule has 17 heavy (non-hydrogen) atoms. The maximum atomic E-state index is 10.7. The zero-order chi connectivity index (χ0) is 12.3. The van der Waals surface area contributed by atoms with E-state index < -0.39 is 0 Å².